The molecule has 0 amide bonds. The van der Waals surface area contributed by atoms with Gasteiger partial charge in [-0.05, 0) is 19.4 Å². The van der Waals surface area contributed by atoms with Gasteiger partial charge in [-0.2, -0.15) is 5.10 Å². The summed E-state index contributed by atoms with van der Waals surface area (Å²) in [6.45, 7) is 8.02. The van der Waals surface area contributed by atoms with Crippen LogP contribution in [0.3, 0.4) is 0 Å². The molecule has 1 rings (SSSR count). The molecule has 18 heavy (non-hydrogen) atoms. The maximum Gasteiger partial charge on any atom is 0.313 e. The van der Waals surface area contributed by atoms with Crippen molar-refractivity contribution in [3.05, 3.63) is 21.5 Å². The predicted octanol–water partition coefficient (Wildman–Crippen LogP) is 1.81. The molecule has 1 heterocycles. The Balaban J connectivity index is 3.14. The van der Waals surface area contributed by atoms with E-state index in [-0.39, 0.29) is 22.1 Å². The van der Waals surface area contributed by atoms with Gasteiger partial charge >= 0.3 is 5.69 Å². The van der Waals surface area contributed by atoms with E-state index < -0.39 is 0 Å². The molecule has 0 bridgehead atoms. The van der Waals surface area contributed by atoms with Crippen LogP contribution in [0, 0.1) is 22.5 Å². The average Bonchev–Trinajstić information content (AvgIpc) is 2.47. The summed E-state index contributed by atoms with van der Waals surface area (Å²) in [6, 6.07) is 0.158. The number of hydrogen-bond acceptors (Lipinski definition) is 4. The van der Waals surface area contributed by atoms with Crippen LogP contribution in [-0.2, 0) is 13.5 Å². The quantitative estimate of drug-likeness (QED) is 0.657. The Kier molecular flexibility index (Phi) is 4.11. The highest BCUT2D eigenvalue weighted by molar-refractivity contribution is 5.41. The van der Waals surface area contributed by atoms with Crippen molar-refractivity contribution >= 4 is 5.69 Å². The molecule has 0 aliphatic heterocycles. The van der Waals surface area contributed by atoms with Crippen LogP contribution >= 0.6 is 0 Å². The van der Waals surface area contributed by atoms with E-state index in [9.17, 15) is 10.1 Å². The SMILES string of the molecule is CNC(Cc1c([N+](=O)[O-])c(C)nn1C)C(C)(C)C. The zero-order chi connectivity index (χ0) is 14.1. The smallest absolute Gasteiger partial charge is 0.313 e. The van der Waals surface area contributed by atoms with E-state index in [1.807, 2.05) is 7.05 Å². The summed E-state index contributed by atoms with van der Waals surface area (Å²) in [5.74, 6) is 0. The predicted molar refractivity (Wildman–Crippen MR) is 70.6 cm³/mol. The minimum absolute atomic E-state index is 0.0286. The molecule has 102 valence electrons. The Morgan fingerprint density at radius 1 is 1.50 bits per heavy atom. The highest BCUT2D eigenvalue weighted by Crippen LogP contribution is 2.28. The van der Waals surface area contributed by atoms with Gasteiger partial charge in [0.2, 0.25) is 0 Å². The van der Waals surface area contributed by atoms with Crippen molar-refractivity contribution in [1.29, 1.82) is 0 Å². The van der Waals surface area contributed by atoms with Gasteiger partial charge in [-0.15, -0.1) is 0 Å². The molecule has 1 aromatic heterocycles. The third kappa shape index (κ3) is 2.87. The molecule has 0 spiro atoms. The van der Waals surface area contributed by atoms with E-state index >= 15 is 0 Å². The number of hydrogen-bond donors (Lipinski definition) is 1. The van der Waals surface area contributed by atoms with Crippen LogP contribution in [-0.4, -0.2) is 27.8 Å². The molecular weight excluding hydrogens is 232 g/mol. The Morgan fingerprint density at radius 3 is 2.44 bits per heavy atom. The van der Waals surface area contributed by atoms with Gasteiger partial charge in [-0.3, -0.25) is 14.8 Å². The Morgan fingerprint density at radius 2 is 2.06 bits per heavy atom. The van der Waals surface area contributed by atoms with Crippen molar-refractivity contribution in [3.63, 3.8) is 0 Å². The van der Waals surface area contributed by atoms with Gasteiger partial charge < -0.3 is 5.32 Å². The molecule has 0 aromatic carbocycles. The number of nitrogens with one attached hydrogen (secondary N) is 1. The second-order valence-electron chi connectivity index (χ2n) is 5.67. The van der Waals surface area contributed by atoms with Gasteiger partial charge in [0.25, 0.3) is 0 Å². The molecule has 1 unspecified atom stereocenters. The Bertz CT molecular complexity index is 446. The highest BCUT2D eigenvalue weighted by atomic mass is 16.6. The van der Waals surface area contributed by atoms with Crippen molar-refractivity contribution in [2.45, 2.75) is 40.2 Å². The first-order chi connectivity index (χ1) is 8.18. The number of aryl methyl sites for hydroxylation is 2. The lowest BCUT2D eigenvalue weighted by atomic mass is 9.84. The van der Waals surface area contributed by atoms with Crippen LogP contribution in [0.25, 0.3) is 0 Å². The molecule has 6 nitrogen and oxygen atoms in total. The summed E-state index contributed by atoms with van der Waals surface area (Å²) in [5.41, 5.74) is 1.32. The lowest BCUT2D eigenvalue weighted by molar-refractivity contribution is -0.386. The van der Waals surface area contributed by atoms with E-state index in [1.165, 1.54) is 0 Å². The Labute approximate surface area is 108 Å². The maximum absolute atomic E-state index is 11.1. The largest absolute Gasteiger partial charge is 0.316 e. The van der Waals surface area contributed by atoms with Gasteiger partial charge in [0.1, 0.15) is 11.4 Å². The second kappa shape index (κ2) is 5.06. The summed E-state index contributed by atoms with van der Waals surface area (Å²) >= 11 is 0. The van der Waals surface area contributed by atoms with Crippen molar-refractivity contribution in [1.82, 2.24) is 15.1 Å². The maximum atomic E-state index is 11.1. The van der Waals surface area contributed by atoms with Crippen molar-refractivity contribution in [2.75, 3.05) is 7.05 Å². The zero-order valence-electron chi connectivity index (χ0n) is 11.9. The van der Waals surface area contributed by atoms with Crippen LogP contribution < -0.4 is 5.32 Å². The van der Waals surface area contributed by atoms with E-state index in [1.54, 1.807) is 18.7 Å². The summed E-state index contributed by atoms with van der Waals surface area (Å²) in [6.07, 6.45) is 0.591. The minimum atomic E-state index is -0.340. The zero-order valence-corrected chi connectivity index (χ0v) is 11.9. The molecule has 1 atom stereocenters. The highest BCUT2D eigenvalue weighted by Gasteiger charge is 2.30. The minimum Gasteiger partial charge on any atom is -0.316 e. The fourth-order valence-electron chi connectivity index (χ4n) is 2.20. The number of likely N-dealkylation sites (N-methyl/N-ethyl adjacent to an activating group) is 1. The molecule has 0 radical (unpaired) electrons. The number of rotatable bonds is 4. The van der Waals surface area contributed by atoms with Gasteiger partial charge in [0, 0.05) is 19.5 Å². The fraction of sp³-hybridized carbons (Fsp3) is 0.750. The van der Waals surface area contributed by atoms with E-state index in [0.29, 0.717) is 17.8 Å². The van der Waals surface area contributed by atoms with Gasteiger partial charge in [-0.1, -0.05) is 20.8 Å². The lowest BCUT2D eigenvalue weighted by Gasteiger charge is -2.30. The molecule has 6 heteroatoms. The van der Waals surface area contributed by atoms with Crippen molar-refractivity contribution < 1.29 is 4.92 Å². The molecule has 0 aliphatic carbocycles. The number of nitro groups is 1. The Hall–Kier alpha value is -1.43. The summed E-state index contributed by atoms with van der Waals surface area (Å²) in [7, 11) is 3.63. The molecule has 0 saturated carbocycles. The fourth-order valence-corrected chi connectivity index (χ4v) is 2.20. The summed E-state index contributed by atoms with van der Waals surface area (Å²) in [5, 5.41) is 18.5. The van der Waals surface area contributed by atoms with Crippen LogP contribution in [0.4, 0.5) is 5.69 Å². The average molecular weight is 254 g/mol. The molecule has 0 aliphatic rings. The summed E-state index contributed by atoms with van der Waals surface area (Å²) < 4.78 is 1.61. The van der Waals surface area contributed by atoms with Crippen LogP contribution in [0.5, 0.6) is 0 Å². The van der Waals surface area contributed by atoms with Gasteiger partial charge in [-0.25, -0.2) is 0 Å². The lowest BCUT2D eigenvalue weighted by Crippen LogP contribution is -2.40. The normalized spacial score (nSPS) is 13.7. The molecule has 0 saturated heterocycles. The van der Waals surface area contributed by atoms with Gasteiger partial charge in [0.05, 0.1) is 4.92 Å². The number of aromatic nitrogens is 2. The second-order valence-corrected chi connectivity index (χ2v) is 5.67. The first-order valence-corrected chi connectivity index (χ1v) is 6.02. The van der Waals surface area contributed by atoms with E-state index in [0.717, 1.165) is 0 Å². The monoisotopic (exact) mass is 254 g/mol. The van der Waals surface area contributed by atoms with Gasteiger partial charge in [0.15, 0.2) is 0 Å². The van der Waals surface area contributed by atoms with Crippen LogP contribution in [0.2, 0.25) is 0 Å². The molecule has 1 aromatic rings. The van der Waals surface area contributed by atoms with Crippen LogP contribution in [0.1, 0.15) is 32.2 Å². The number of nitrogens with zero attached hydrogens (tertiary/aromatic N) is 3. The van der Waals surface area contributed by atoms with Crippen molar-refractivity contribution in [3.8, 4) is 0 Å². The van der Waals surface area contributed by atoms with E-state index in [2.05, 4.69) is 31.2 Å². The first-order valence-electron chi connectivity index (χ1n) is 6.02. The standard InChI is InChI=1S/C12H22N4O2/c1-8-11(16(17)18)9(15(6)14-8)7-10(13-5)12(2,3)4/h10,13H,7H2,1-6H3. The van der Waals surface area contributed by atoms with Crippen LogP contribution in [0.15, 0.2) is 0 Å². The topological polar surface area (TPSA) is 73.0 Å². The van der Waals surface area contributed by atoms with Crippen molar-refractivity contribution in [2.24, 2.45) is 12.5 Å². The molecule has 1 N–H and O–H groups in total. The van der Waals surface area contributed by atoms with E-state index in [4.69, 9.17) is 0 Å². The third-order valence-electron chi connectivity index (χ3n) is 3.28. The third-order valence-corrected chi connectivity index (χ3v) is 3.28. The molecular formula is C12H22N4O2. The summed E-state index contributed by atoms with van der Waals surface area (Å²) in [4.78, 5) is 10.8. The first kappa shape index (κ1) is 14.6. The molecule has 0 fully saturated rings.